The summed E-state index contributed by atoms with van der Waals surface area (Å²) < 4.78 is 8.58. The van der Waals surface area contributed by atoms with Crippen molar-refractivity contribution in [3.05, 3.63) is 55.6 Å². The highest BCUT2D eigenvalue weighted by atomic mass is 35.5. The number of hydrogen-bond donors (Lipinski definition) is 0. The Balaban J connectivity index is 2.36. The highest BCUT2D eigenvalue weighted by Crippen LogP contribution is 2.43. The lowest BCUT2D eigenvalue weighted by molar-refractivity contribution is -0.423. The van der Waals surface area contributed by atoms with E-state index in [9.17, 15) is 10.1 Å². The van der Waals surface area contributed by atoms with E-state index in [4.69, 9.17) is 24.6 Å². The van der Waals surface area contributed by atoms with Crippen LogP contribution in [0.5, 0.6) is 0 Å². The Bertz CT molecular complexity index is 955. The predicted octanol–water partition coefficient (Wildman–Crippen LogP) is 5.40. The van der Waals surface area contributed by atoms with Gasteiger partial charge in [0.2, 0.25) is 0 Å². The van der Waals surface area contributed by atoms with Crippen LogP contribution in [0.2, 0.25) is 10.2 Å². The molecule has 1 unspecified atom stereocenters. The molecule has 2 aromatic rings. The van der Waals surface area contributed by atoms with Crippen LogP contribution in [0, 0.1) is 10.1 Å². The zero-order chi connectivity index (χ0) is 19.9. The van der Waals surface area contributed by atoms with E-state index in [-0.39, 0.29) is 21.8 Å². The summed E-state index contributed by atoms with van der Waals surface area (Å²) in [6.07, 6.45) is 4.92. The third-order valence-corrected chi connectivity index (χ3v) is 5.31. The molecule has 0 radical (unpaired) electrons. The molecule has 1 aliphatic rings. The lowest BCUT2D eigenvalue weighted by Crippen LogP contribution is -2.29. The molecule has 0 aromatic carbocycles. The number of nitrogens with zero attached hydrogens (tertiary/aromatic N) is 4. The first-order valence-corrected chi connectivity index (χ1v) is 9.70. The van der Waals surface area contributed by atoms with Crippen LogP contribution in [0.25, 0.3) is 6.08 Å². The van der Waals surface area contributed by atoms with Gasteiger partial charge >= 0.3 is 0 Å². The molecular formula is C17H16Cl2N4O2S. The largest absolute Gasteiger partial charge is 0.312 e. The molecule has 0 aliphatic carbocycles. The van der Waals surface area contributed by atoms with Gasteiger partial charge in [0.1, 0.15) is 17.5 Å². The Kier molecular flexibility index (Phi) is 5.02. The van der Waals surface area contributed by atoms with Crippen molar-refractivity contribution in [3.8, 4) is 0 Å². The predicted molar refractivity (Wildman–Crippen MR) is 106 cm³/mol. The van der Waals surface area contributed by atoms with Gasteiger partial charge in [-0.1, -0.05) is 37.0 Å². The van der Waals surface area contributed by atoms with Gasteiger partial charge in [-0.05, 0) is 24.3 Å². The van der Waals surface area contributed by atoms with Crippen molar-refractivity contribution in [2.75, 3.05) is 17.7 Å². The van der Waals surface area contributed by atoms with E-state index in [2.05, 4.69) is 9.97 Å². The first kappa shape index (κ1) is 17.6. The van der Waals surface area contributed by atoms with Crippen molar-refractivity contribution in [1.29, 1.82) is 0 Å². The molecule has 9 heteroatoms. The minimum Gasteiger partial charge on any atom is -0.312 e. The molecule has 0 bridgehead atoms. The molecule has 0 fully saturated rings. The lowest BCUT2D eigenvalue weighted by Gasteiger charge is -2.31. The maximum Gasteiger partial charge on any atom is 0.266 e. The Labute approximate surface area is 166 Å². The average molecular weight is 412 g/mol. The van der Waals surface area contributed by atoms with Crippen LogP contribution in [-0.2, 0) is 0 Å². The summed E-state index contributed by atoms with van der Waals surface area (Å²) in [4.78, 5) is 22.2. The second-order valence-corrected chi connectivity index (χ2v) is 7.51. The monoisotopic (exact) mass is 411 g/mol. The maximum absolute atomic E-state index is 11.6. The van der Waals surface area contributed by atoms with E-state index < -0.39 is 11.4 Å². The number of aromatic nitrogens is 2. The quantitative estimate of drug-likeness (QED) is 0.290. The fourth-order valence-corrected chi connectivity index (χ4v) is 3.60. The molecule has 0 N–H and O–H groups in total. The fraction of sp³-hybridized carbons (Fsp3) is 0.294. The van der Waals surface area contributed by atoms with Gasteiger partial charge in [0, 0.05) is 22.7 Å². The van der Waals surface area contributed by atoms with Crippen molar-refractivity contribution < 1.29 is 6.29 Å². The van der Waals surface area contributed by atoms with Crippen LogP contribution >= 0.6 is 35.0 Å². The number of pyridine rings is 2. The van der Waals surface area contributed by atoms with Crippen molar-refractivity contribution in [1.82, 2.24) is 9.97 Å². The second kappa shape index (κ2) is 7.42. The van der Waals surface area contributed by atoms with E-state index >= 15 is 0 Å². The molecular weight excluding hydrogens is 395 g/mol. The van der Waals surface area contributed by atoms with Gasteiger partial charge < -0.3 is 4.90 Å². The molecule has 2 aromatic heterocycles. The smallest absolute Gasteiger partial charge is 0.266 e. The van der Waals surface area contributed by atoms with Crippen molar-refractivity contribution >= 4 is 52.5 Å². The Morgan fingerprint density at radius 1 is 1.46 bits per heavy atom. The third kappa shape index (κ3) is 3.39. The van der Waals surface area contributed by atoms with Gasteiger partial charge in [-0.3, -0.25) is 15.1 Å². The number of nitro groups is 1. The minimum absolute atomic E-state index is 0.0375. The summed E-state index contributed by atoms with van der Waals surface area (Å²) in [5, 5.41) is 11.8. The molecule has 3 rings (SSSR count). The first-order valence-electron chi connectivity index (χ1n) is 8.30. The summed E-state index contributed by atoms with van der Waals surface area (Å²) in [7, 11) is 0. The summed E-state index contributed by atoms with van der Waals surface area (Å²) in [6, 6.07) is 3.35. The van der Waals surface area contributed by atoms with Crippen LogP contribution < -0.4 is 4.90 Å². The van der Waals surface area contributed by atoms with Crippen LogP contribution in [0.3, 0.4) is 0 Å². The number of rotatable bonds is 4. The molecule has 0 saturated carbocycles. The SMILES string of the molecule is [2H]C1C([N+](=O)[O-])=Cc2cc(Cl)c(Cl)nc2N1c1c(SC)ccnc1C(C)C. The third-order valence-electron chi connectivity index (χ3n) is 3.87. The van der Waals surface area contributed by atoms with E-state index in [1.165, 1.54) is 28.8 Å². The fourth-order valence-electron chi connectivity index (χ4n) is 2.71. The standard InChI is InChI=1S/C17H16Cl2N4O2S/c1-9(2)14-15(13(26-3)4-5-20-14)22-8-11(23(24)25)6-10-7-12(18)16(19)21-17(10)22/h4-7,9H,8H2,1-3H3/i8D. The van der Waals surface area contributed by atoms with Crippen LogP contribution in [0.4, 0.5) is 11.5 Å². The van der Waals surface area contributed by atoms with E-state index in [0.717, 1.165) is 10.6 Å². The molecule has 3 heterocycles. The molecule has 26 heavy (non-hydrogen) atoms. The molecule has 1 aliphatic heterocycles. The Morgan fingerprint density at radius 3 is 2.81 bits per heavy atom. The highest BCUT2D eigenvalue weighted by molar-refractivity contribution is 7.98. The molecule has 0 amide bonds. The van der Waals surface area contributed by atoms with Gasteiger partial charge in [0.05, 0.1) is 22.7 Å². The Hall–Kier alpha value is -1.83. The number of anilines is 2. The van der Waals surface area contributed by atoms with Gasteiger partial charge in [-0.15, -0.1) is 11.8 Å². The number of fused-ring (bicyclic) bond motifs is 1. The summed E-state index contributed by atoms with van der Waals surface area (Å²) in [5.74, 6) is 0.385. The topological polar surface area (TPSA) is 72.2 Å². The average Bonchev–Trinajstić information content (AvgIpc) is 2.62. The second-order valence-electron chi connectivity index (χ2n) is 5.90. The van der Waals surface area contributed by atoms with E-state index in [1.54, 1.807) is 6.20 Å². The van der Waals surface area contributed by atoms with Crippen LogP contribution in [-0.4, -0.2) is 27.7 Å². The minimum atomic E-state index is -1.30. The van der Waals surface area contributed by atoms with Crippen molar-refractivity contribution in [2.45, 2.75) is 24.7 Å². The van der Waals surface area contributed by atoms with Crippen LogP contribution in [0.1, 0.15) is 32.4 Å². The van der Waals surface area contributed by atoms with Gasteiger partial charge in [0.25, 0.3) is 5.70 Å². The molecule has 0 saturated heterocycles. The lowest BCUT2D eigenvalue weighted by atomic mass is 10.0. The zero-order valence-corrected chi connectivity index (χ0v) is 16.6. The van der Waals surface area contributed by atoms with Gasteiger partial charge in [-0.2, -0.15) is 0 Å². The molecule has 0 spiro atoms. The first-order chi connectivity index (χ1) is 12.8. The molecule has 6 nitrogen and oxygen atoms in total. The van der Waals surface area contributed by atoms with Gasteiger partial charge in [-0.25, -0.2) is 4.98 Å². The van der Waals surface area contributed by atoms with Gasteiger partial charge in [0.15, 0.2) is 0 Å². The highest BCUT2D eigenvalue weighted by Gasteiger charge is 2.31. The zero-order valence-electron chi connectivity index (χ0n) is 15.2. The van der Waals surface area contributed by atoms with Crippen LogP contribution in [0.15, 0.2) is 28.9 Å². The Morgan fingerprint density at radius 2 is 2.19 bits per heavy atom. The van der Waals surface area contributed by atoms with Crippen molar-refractivity contribution in [2.24, 2.45) is 0 Å². The summed E-state index contributed by atoms with van der Waals surface area (Å²) in [6.45, 7) is 2.66. The maximum atomic E-state index is 11.6. The number of halogens is 2. The van der Waals surface area contributed by atoms with E-state index in [1.807, 2.05) is 26.2 Å². The molecule has 1 atom stereocenters. The molecule has 136 valence electrons. The normalized spacial score (nSPS) is 17.0. The number of hydrogen-bond acceptors (Lipinski definition) is 6. The summed E-state index contributed by atoms with van der Waals surface area (Å²) >= 11 is 13.7. The number of thioether (sulfide) groups is 1. The summed E-state index contributed by atoms with van der Waals surface area (Å²) in [5.41, 5.74) is 1.51. The van der Waals surface area contributed by atoms with Crippen molar-refractivity contribution in [3.63, 3.8) is 0 Å². The van der Waals surface area contributed by atoms with E-state index in [0.29, 0.717) is 17.1 Å².